The van der Waals surface area contributed by atoms with E-state index in [0.717, 1.165) is 0 Å². The third kappa shape index (κ3) is 8.83. The molecular weight excluding hydrogens is 224 g/mol. The standard InChI is InChI=1S/Fe.Mg.H2Se.Zn.2H/h;;1H2;;;/q;+2;;;2*-1. The molecule has 0 amide bonds. The van der Waals surface area contributed by atoms with E-state index in [-0.39, 0.29) is 79.5 Å². The summed E-state index contributed by atoms with van der Waals surface area (Å²) in [5, 5.41) is 0. The minimum absolute atomic E-state index is 0. The van der Waals surface area contributed by atoms with Gasteiger partial charge in [0, 0.05) is 36.5 Å². The van der Waals surface area contributed by atoms with E-state index in [4.69, 9.17) is 0 Å². The Morgan fingerprint density at radius 2 is 1.25 bits per heavy atom. The second-order valence-corrected chi connectivity index (χ2v) is 0. The van der Waals surface area contributed by atoms with Gasteiger partial charge in [-0.3, -0.25) is 0 Å². The van der Waals surface area contributed by atoms with Gasteiger partial charge in [-0.25, -0.2) is 0 Å². The van der Waals surface area contributed by atoms with Crippen LogP contribution in [0.4, 0.5) is 0 Å². The summed E-state index contributed by atoms with van der Waals surface area (Å²) in [6.45, 7) is 0. The summed E-state index contributed by atoms with van der Waals surface area (Å²) in [7, 11) is 0. The molecule has 0 aliphatic heterocycles. The van der Waals surface area contributed by atoms with Gasteiger partial charge in [-0.05, 0) is 0 Å². The Hall–Kier alpha value is 2.43. The van der Waals surface area contributed by atoms with Crippen molar-refractivity contribution in [1.29, 1.82) is 0 Å². The second-order valence-electron chi connectivity index (χ2n) is 0. The Balaban J connectivity index is 0. The molecule has 0 radical (unpaired) electrons. The Kier molecular flexibility index (Phi) is 145. The molecular formula is H4FeMgSeZn. The molecule has 0 aromatic heterocycles. The van der Waals surface area contributed by atoms with E-state index in [2.05, 4.69) is 0 Å². The predicted molar refractivity (Wildman–Crippen MR) is 16.5 cm³/mol. The van der Waals surface area contributed by atoms with Crippen molar-refractivity contribution in [3.05, 3.63) is 0 Å². The van der Waals surface area contributed by atoms with Gasteiger partial charge in [0.1, 0.15) is 0 Å². The first-order valence-corrected chi connectivity index (χ1v) is 0. The minimum Gasteiger partial charge on any atom is 0 e. The van der Waals surface area contributed by atoms with Gasteiger partial charge in [0.2, 0.25) is 0 Å². The van der Waals surface area contributed by atoms with Crippen LogP contribution in [0.3, 0.4) is 0 Å². The van der Waals surface area contributed by atoms with Crippen molar-refractivity contribution < 1.29 is 39.4 Å². The maximum atomic E-state index is 0. The molecule has 0 aliphatic carbocycles. The Labute approximate surface area is 78.7 Å². The van der Waals surface area contributed by atoms with Crippen LogP contribution < -0.4 is 0 Å². The van der Waals surface area contributed by atoms with Crippen molar-refractivity contribution in [3.63, 3.8) is 0 Å². The van der Waals surface area contributed by atoms with Crippen LogP contribution in [0.5, 0.6) is 0 Å². The van der Waals surface area contributed by atoms with Crippen molar-refractivity contribution in [2.45, 2.75) is 0 Å². The largest absolute Gasteiger partial charge is 0 e. The molecule has 0 saturated heterocycles. The first kappa shape index (κ1) is 32.1. The zero-order valence-electron chi connectivity index (χ0n) is 4.27. The van der Waals surface area contributed by atoms with Crippen LogP contribution in [-0.4, -0.2) is 40.1 Å². The first-order chi connectivity index (χ1) is 0. The van der Waals surface area contributed by atoms with Gasteiger partial charge in [0.25, 0.3) is 0 Å². The molecule has 0 nitrogen and oxygen atoms in total. The predicted octanol–water partition coefficient (Wildman–Crippen LogP) is -1.08. The summed E-state index contributed by atoms with van der Waals surface area (Å²) >= 11 is 0. The van der Waals surface area contributed by atoms with Crippen molar-refractivity contribution >= 4 is 40.1 Å². The molecule has 0 rings (SSSR count). The van der Waals surface area contributed by atoms with Crippen molar-refractivity contribution in [3.8, 4) is 0 Å². The Morgan fingerprint density at radius 3 is 1.25 bits per heavy atom. The molecule has 4 heteroatoms. The summed E-state index contributed by atoms with van der Waals surface area (Å²) in [4.78, 5) is 0. The Morgan fingerprint density at radius 1 is 1.25 bits per heavy atom. The summed E-state index contributed by atoms with van der Waals surface area (Å²) < 4.78 is 0. The normalized spacial score (nSPS) is 0. The molecule has 0 unspecified atom stereocenters. The number of hydrogen-bond acceptors (Lipinski definition) is 0. The Bertz CT molecular complexity index is 13.5. The van der Waals surface area contributed by atoms with Crippen LogP contribution in [0, 0.1) is 0 Å². The third-order valence-corrected chi connectivity index (χ3v) is 0. The second kappa shape index (κ2) is 18.1. The van der Waals surface area contributed by atoms with Crippen LogP contribution in [0.1, 0.15) is 2.85 Å². The number of hydrogen-bond donors (Lipinski definition) is 0. The van der Waals surface area contributed by atoms with E-state index in [0.29, 0.717) is 0 Å². The summed E-state index contributed by atoms with van der Waals surface area (Å²) in [5.41, 5.74) is 0. The quantitative estimate of drug-likeness (QED) is 0.463. The van der Waals surface area contributed by atoms with Gasteiger partial charge < -0.3 is 2.85 Å². The van der Waals surface area contributed by atoms with Gasteiger partial charge in [-0.15, -0.1) is 0 Å². The molecule has 0 spiro atoms. The molecule has 22 valence electrons. The maximum absolute atomic E-state index is 0. The maximum Gasteiger partial charge on any atom is 0 e. The molecule has 4 heavy (non-hydrogen) atoms. The molecule has 0 aliphatic rings. The molecule has 0 fully saturated rings. The van der Waals surface area contributed by atoms with E-state index in [1.807, 2.05) is 0 Å². The number of rotatable bonds is 0. The summed E-state index contributed by atoms with van der Waals surface area (Å²) in [6.07, 6.45) is 0. The van der Waals surface area contributed by atoms with Crippen molar-refractivity contribution in [2.24, 2.45) is 0 Å². The van der Waals surface area contributed by atoms with E-state index < -0.39 is 0 Å². The van der Waals surface area contributed by atoms with E-state index in [9.17, 15) is 0 Å². The van der Waals surface area contributed by atoms with Crippen LogP contribution >= 0.6 is 0 Å². The average Bonchev–Trinajstić information content (AvgIpc) is 0. The third-order valence-electron chi connectivity index (χ3n) is 0. The van der Waals surface area contributed by atoms with Gasteiger partial charge in [0.15, 0.2) is 0 Å². The van der Waals surface area contributed by atoms with Gasteiger partial charge in [-0.1, -0.05) is 0 Å². The molecule has 0 aromatic carbocycles. The molecule has 0 heterocycles. The monoisotopic (exact) mass is 228 g/mol. The molecule has 0 N–H and O–H groups in total. The molecule has 0 aromatic rings. The van der Waals surface area contributed by atoms with E-state index >= 15 is 0 Å². The van der Waals surface area contributed by atoms with Gasteiger partial charge in [0.05, 0.1) is 0 Å². The smallest absolute Gasteiger partial charge is 0 e. The summed E-state index contributed by atoms with van der Waals surface area (Å²) in [5.74, 6) is 0. The van der Waals surface area contributed by atoms with Crippen molar-refractivity contribution in [1.82, 2.24) is 0 Å². The van der Waals surface area contributed by atoms with Crippen molar-refractivity contribution in [2.75, 3.05) is 0 Å². The average molecular weight is 229 g/mol. The van der Waals surface area contributed by atoms with E-state index in [1.165, 1.54) is 0 Å². The SMILES string of the molecule is [Fe].[H-].[H-].[Mg+2].[SeH2].[Zn]. The van der Waals surface area contributed by atoms with Gasteiger partial charge >= 0.3 is 40.1 Å². The topological polar surface area (TPSA) is 0 Å². The molecule has 0 bridgehead atoms. The first-order valence-electron chi connectivity index (χ1n) is 0. The van der Waals surface area contributed by atoms with E-state index in [1.54, 1.807) is 0 Å². The fourth-order valence-electron chi connectivity index (χ4n) is 0. The zero-order valence-corrected chi connectivity index (χ0v) is 9.85. The van der Waals surface area contributed by atoms with Crippen LogP contribution in [0.25, 0.3) is 0 Å². The fourth-order valence-corrected chi connectivity index (χ4v) is 0. The van der Waals surface area contributed by atoms with Crippen LogP contribution in [0.15, 0.2) is 0 Å². The molecule has 0 saturated carbocycles. The summed E-state index contributed by atoms with van der Waals surface area (Å²) in [6, 6.07) is 0. The van der Waals surface area contributed by atoms with Crippen LogP contribution in [0.2, 0.25) is 0 Å². The van der Waals surface area contributed by atoms with Gasteiger partial charge in [-0.2, -0.15) is 0 Å². The minimum atomic E-state index is 0. The van der Waals surface area contributed by atoms with Crippen LogP contribution in [-0.2, 0) is 36.5 Å². The zero-order chi connectivity index (χ0) is 0. The fraction of sp³-hybridized carbons (Fsp3) is 0. The molecule has 0 atom stereocenters.